The number of benzene rings is 1. The Labute approximate surface area is 534 Å². The van der Waals surface area contributed by atoms with E-state index in [0.29, 0.717) is 28.3 Å². The number of aryl methyl sites for hydroxylation is 2. The third-order valence-corrected chi connectivity index (χ3v) is 16.8. The molecule has 3 aliphatic heterocycles. The molecule has 0 bridgehead atoms. The molecule has 33 nitrogen and oxygen atoms in total. The summed E-state index contributed by atoms with van der Waals surface area (Å²) in [5.41, 5.74) is 3.05. The van der Waals surface area contributed by atoms with Crippen LogP contribution in [0.5, 0.6) is 0 Å². The van der Waals surface area contributed by atoms with Crippen LogP contribution in [0.1, 0.15) is 104 Å². The quantitative estimate of drug-likeness (QED) is 0.0101. The molecule has 5 aromatic rings. The van der Waals surface area contributed by atoms with Crippen molar-refractivity contribution < 1.29 is 119 Å². The third-order valence-electron chi connectivity index (χ3n) is 13.6. The summed E-state index contributed by atoms with van der Waals surface area (Å²) in [4.78, 5) is 66.1. The van der Waals surface area contributed by atoms with E-state index in [4.69, 9.17) is 77.1 Å². The lowest BCUT2D eigenvalue weighted by atomic mass is 10.1. The number of carbonyl (C=O) groups excluding carboxylic acids is 4. The first-order valence-electron chi connectivity index (χ1n) is 29.2. The molecule has 3 aliphatic rings. The molecule has 0 aliphatic carbocycles. The molecule has 0 saturated carbocycles. The second-order valence-corrected chi connectivity index (χ2v) is 26.3. The normalized spacial score (nSPS) is 21.7. The first-order valence-corrected chi connectivity index (χ1v) is 33.0. The molecular weight excluding hydrogens is 1280 g/mol. The number of aliphatic hydroxyl groups excluding tert-OH is 4. The van der Waals surface area contributed by atoms with Gasteiger partial charge in [0.05, 0.1) is 42.3 Å². The molecule has 92 heavy (non-hydrogen) atoms. The number of carbonyl (C=O) groups is 4. The van der Waals surface area contributed by atoms with Crippen molar-refractivity contribution in [1.82, 2.24) is 29.1 Å². The average Bonchev–Trinajstić information content (AvgIpc) is 1.62. The van der Waals surface area contributed by atoms with Crippen LogP contribution in [0.4, 0.5) is 26.0 Å². The highest BCUT2D eigenvalue weighted by atomic mass is 35.5. The molecule has 3 saturated heterocycles. The van der Waals surface area contributed by atoms with Crippen molar-refractivity contribution in [1.29, 1.82) is 0 Å². The number of halogens is 1. The van der Waals surface area contributed by atoms with Crippen LogP contribution in [-0.2, 0) is 84.1 Å². The number of aromatic nitrogens is 6. The molecule has 10 atom stereocenters. The summed E-state index contributed by atoms with van der Waals surface area (Å²) in [7, 11) is -8.40. The van der Waals surface area contributed by atoms with E-state index in [0.717, 1.165) is 55.2 Å². The minimum absolute atomic E-state index is 0.0464. The Bertz CT molecular complexity index is 3320. The highest BCUT2D eigenvalue weighted by molar-refractivity contribution is 7.53. The number of nitrogens with zero attached hydrogens (tertiary/aromatic N) is 7. The molecule has 7 heterocycles. The Balaban J connectivity index is 0.000000261. The van der Waals surface area contributed by atoms with Crippen LogP contribution in [0.15, 0.2) is 48.8 Å². The van der Waals surface area contributed by atoms with E-state index in [2.05, 4.69) is 34.9 Å². The van der Waals surface area contributed by atoms with Gasteiger partial charge in [0.15, 0.2) is 12.5 Å². The molecule has 4 aromatic heterocycles. The number of anilines is 2. The fraction of sp³-hybridized carbons (Fsp3) is 0.607. The highest BCUT2D eigenvalue weighted by Gasteiger charge is 2.46. The van der Waals surface area contributed by atoms with Crippen molar-refractivity contribution >= 4 is 84.9 Å². The first kappa shape index (κ1) is 73.0. The summed E-state index contributed by atoms with van der Waals surface area (Å²) in [5.74, 6) is 1.12. The van der Waals surface area contributed by atoms with E-state index in [1.165, 1.54) is 4.57 Å². The summed E-state index contributed by atoms with van der Waals surface area (Å²) in [6, 6.07) is 11.5. The maximum absolute atomic E-state index is 13.3. The van der Waals surface area contributed by atoms with Gasteiger partial charge in [0, 0.05) is 38.4 Å². The van der Waals surface area contributed by atoms with Gasteiger partial charge in [-0.3, -0.25) is 32.0 Å². The Morgan fingerprint density at radius 2 is 1.04 bits per heavy atom. The van der Waals surface area contributed by atoms with Gasteiger partial charge in [-0.1, -0.05) is 29.8 Å². The third kappa shape index (κ3) is 20.6. The molecule has 5 N–H and O–H groups in total. The lowest BCUT2D eigenvalue weighted by Gasteiger charge is -2.21. The number of rotatable bonds is 29. The topological polar surface area (TPSA) is 398 Å². The highest BCUT2D eigenvalue weighted by Crippen LogP contribution is 2.50. The maximum atomic E-state index is 13.3. The van der Waals surface area contributed by atoms with E-state index in [1.54, 1.807) is 71.5 Å². The SMILES string of the molecule is CC(=O)OCOP(=O)(COC[C@H]1O[C@@H](n2ccc3c(N[C@@H](C)c4ccc(C)cc4)nc(Cl)nc32)[C@H](O)[C@@H]1O)OCOC(=O)OC(C)C.Cc1nc(N2CCCC2)c2ccn([C@@H]3O[C@H](COCP(=O)(OCOC(=O)OC(C)C)OCOC(=O)OC(C)C)[C@@H](O)[C@H]3O)c2n1. The molecular formula is C56H79ClN8O25P2. The van der Waals surface area contributed by atoms with Crippen LogP contribution in [-0.4, -0.2) is 195 Å². The van der Waals surface area contributed by atoms with Crippen molar-refractivity contribution in [3.63, 3.8) is 0 Å². The standard InChI is InChI=1S/C29H38ClN4O12P.C27H41N4O13P/c1-16(2)45-29(38)42-14-44-47(39,43-13-41-19(5)35)15-40-12-22-23(36)24(37)27(46-22)34-11-10-21-25(32-28(30)33-26(21)34)31-18(4)20-8-6-17(3)7-9-20;1-16(2)42-26(34)38-13-40-45(36,41-14-39-27(35)43-17(3)4)15-37-12-20-21(32)22(33)25(44-20)31-11-8-19-23(30-9-6-7-10-30)28-18(5)29-24(19)31/h6-11,16,18,22-24,27,36-37H,12-15H2,1-5H3,(H,31,32,33);8,11,16-17,20-22,25,32-33H,6-7,9-10,12-15H2,1-5H3/t18-,22+,23+,24+,27+,47?;20-,21-,22-,25-/m01/s1. The van der Waals surface area contributed by atoms with E-state index in [9.17, 15) is 48.7 Å². The van der Waals surface area contributed by atoms with Crippen LogP contribution in [0.3, 0.4) is 0 Å². The van der Waals surface area contributed by atoms with Crippen LogP contribution < -0.4 is 10.2 Å². The second kappa shape index (κ2) is 33.6. The summed E-state index contributed by atoms with van der Waals surface area (Å²) in [5, 5.41) is 48.1. The van der Waals surface area contributed by atoms with Gasteiger partial charge in [-0.15, -0.1) is 0 Å². The Morgan fingerprint density at radius 1 is 0.609 bits per heavy atom. The Morgan fingerprint density at radius 3 is 1.49 bits per heavy atom. The zero-order valence-electron chi connectivity index (χ0n) is 52.3. The van der Waals surface area contributed by atoms with Gasteiger partial charge >= 0.3 is 39.6 Å². The van der Waals surface area contributed by atoms with Crippen molar-refractivity contribution in [3.05, 3.63) is 71.0 Å². The average molecular weight is 1360 g/mol. The van der Waals surface area contributed by atoms with Gasteiger partial charge in [-0.25, -0.2) is 29.3 Å². The van der Waals surface area contributed by atoms with Gasteiger partial charge in [0.1, 0.15) is 78.1 Å². The molecule has 8 rings (SSSR count). The minimum Gasteiger partial charge on any atom is -0.438 e. The fourth-order valence-electron chi connectivity index (χ4n) is 9.28. The lowest BCUT2D eigenvalue weighted by Crippen LogP contribution is -2.34. The Kier molecular flexibility index (Phi) is 26.7. The van der Waals surface area contributed by atoms with E-state index >= 15 is 0 Å². The van der Waals surface area contributed by atoms with Crippen molar-refractivity contribution in [2.75, 3.05) is 76.4 Å². The van der Waals surface area contributed by atoms with Gasteiger partial charge < -0.3 is 91.9 Å². The maximum Gasteiger partial charge on any atom is 0.510 e. The molecule has 3 fully saturated rings. The number of hydrogen-bond acceptors (Lipinski definition) is 31. The Hall–Kier alpha value is -6.39. The van der Waals surface area contributed by atoms with Crippen LogP contribution in [0, 0.1) is 13.8 Å². The van der Waals surface area contributed by atoms with Crippen molar-refractivity contribution in [2.24, 2.45) is 0 Å². The van der Waals surface area contributed by atoms with Crippen LogP contribution in [0.25, 0.3) is 22.1 Å². The zero-order valence-corrected chi connectivity index (χ0v) is 54.8. The molecule has 1 unspecified atom stereocenters. The van der Waals surface area contributed by atoms with E-state index < -0.39 is 147 Å². The van der Waals surface area contributed by atoms with Crippen LogP contribution in [0.2, 0.25) is 5.28 Å². The predicted molar refractivity (Wildman–Crippen MR) is 322 cm³/mol. The fourth-order valence-corrected chi connectivity index (χ4v) is 11.4. The number of nitrogens with one attached hydrogen (secondary N) is 1. The van der Waals surface area contributed by atoms with E-state index in [1.807, 2.05) is 44.2 Å². The van der Waals surface area contributed by atoms with Gasteiger partial charge in [-0.2, -0.15) is 4.98 Å². The van der Waals surface area contributed by atoms with Crippen molar-refractivity contribution in [3.8, 4) is 0 Å². The lowest BCUT2D eigenvalue weighted by molar-refractivity contribution is -0.148. The number of esters is 1. The predicted octanol–water partition coefficient (Wildman–Crippen LogP) is 7.62. The largest absolute Gasteiger partial charge is 0.510 e. The van der Waals surface area contributed by atoms with E-state index in [-0.39, 0.29) is 24.5 Å². The molecule has 510 valence electrons. The molecule has 0 amide bonds. The monoisotopic (exact) mass is 1360 g/mol. The smallest absolute Gasteiger partial charge is 0.438 e. The summed E-state index contributed by atoms with van der Waals surface area (Å²) >= 11 is 6.28. The number of hydrogen-bond donors (Lipinski definition) is 5. The molecule has 1 aromatic carbocycles. The van der Waals surface area contributed by atoms with Crippen LogP contribution >= 0.6 is 26.8 Å². The first-order chi connectivity index (χ1) is 43.6. The summed E-state index contributed by atoms with van der Waals surface area (Å²) in [6.45, 7) is 14.4. The van der Waals surface area contributed by atoms with Gasteiger partial charge in [-0.05, 0) is 104 Å². The van der Waals surface area contributed by atoms with Gasteiger partial charge in [0.25, 0.3) is 0 Å². The molecule has 0 radical (unpaired) electrons. The number of ether oxygens (including phenoxy) is 11. The number of fused-ring (bicyclic) bond motifs is 2. The molecule has 36 heteroatoms. The van der Waals surface area contributed by atoms with Crippen molar-refractivity contribution in [2.45, 2.75) is 156 Å². The summed E-state index contributed by atoms with van der Waals surface area (Å²) < 4.78 is 106. The second-order valence-electron chi connectivity index (χ2n) is 21.9. The minimum atomic E-state index is -4.22. The number of aliphatic hydroxyl groups is 4. The summed E-state index contributed by atoms with van der Waals surface area (Å²) in [6.07, 6.45) is -10.4. The van der Waals surface area contributed by atoms with Gasteiger partial charge in [0.2, 0.25) is 32.5 Å². The zero-order chi connectivity index (χ0) is 67.0. The molecule has 0 spiro atoms.